The molecular weight excluding hydrogens is 247 g/mol. The van der Waals surface area contributed by atoms with Gasteiger partial charge in [-0.1, -0.05) is 0 Å². The normalized spacial score (nSPS) is 11.4. The van der Waals surface area contributed by atoms with Crippen LogP contribution in [-0.2, 0) is 6.18 Å². The molecule has 17 heavy (non-hydrogen) atoms. The summed E-state index contributed by atoms with van der Waals surface area (Å²) in [5.41, 5.74) is -4.04. The Morgan fingerprint density at radius 3 is 2.35 bits per heavy atom. The van der Waals surface area contributed by atoms with E-state index in [2.05, 4.69) is 9.72 Å². The first-order valence-corrected chi connectivity index (χ1v) is 4.15. The zero-order valence-corrected chi connectivity index (χ0v) is 8.35. The molecule has 1 aromatic heterocycles. The summed E-state index contributed by atoms with van der Waals surface area (Å²) in [5, 5.41) is 8.51. The van der Waals surface area contributed by atoms with Crippen LogP contribution in [0.1, 0.15) is 23.2 Å². The number of alkyl halides is 5. The Labute approximate surface area is 92.4 Å². The molecule has 1 rings (SSSR count). The average molecular weight is 252 g/mol. The first-order valence-electron chi connectivity index (χ1n) is 4.15. The van der Waals surface area contributed by atoms with E-state index in [1.807, 2.05) is 0 Å². The Bertz CT molecular complexity index is 464. The minimum Gasteiger partial charge on any atom is -0.481 e. The topological polar surface area (TPSA) is 45.9 Å². The van der Waals surface area contributed by atoms with Crippen molar-refractivity contribution in [1.29, 1.82) is 5.26 Å². The van der Waals surface area contributed by atoms with E-state index in [1.54, 1.807) is 0 Å². The van der Waals surface area contributed by atoms with Crippen molar-refractivity contribution in [1.82, 2.24) is 4.98 Å². The molecule has 0 unspecified atom stereocenters. The minimum atomic E-state index is -5.01. The molecule has 92 valence electrons. The first-order chi connectivity index (χ1) is 7.81. The Morgan fingerprint density at radius 2 is 2.00 bits per heavy atom. The van der Waals surface area contributed by atoms with Crippen LogP contribution in [0.15, 0.2) is 6.07 Å². The monoisotopic (exact) mass is 252 g/mol. The Morgan fingerprint density at radius 1 is 1.41 bits per heavy atom. The summed E-state index contributed by atoms with van der Waals surface area (Å²) >= 11 is 0. The number of hydrogen-bond donors (Lipinski definition) is 0. The maximum absolute atomic E-state index is 12.5. The molecular formula is C9H5F5N2O. The molecule has 0 aliphatic heterocycles. The second-order valence-corrected chi connectivity index (χ2v) is 2.88. The second-order valence-electron chi connectivity index (χ2n) is 2.88. The van der Waals surface area contributed by atoms with E-state index in [1.165, 1.54) is 6.07 Å². The summed E-state index contributed by atoms with van der Waals surface area (Å²) < 4.78 is 67.0. The molecule has 0 spiro atoms. The molecule has 0 aliphatic carbocycles. The van der Waals surface area contributed by atoms with Crippen LogP contribution in [0.3, 0.4) is 0 Å². The lowest BCUT2D eigenvalue weighted by Gasteiger charge is -2.14. The first kappa shape index (κ1) is 13.2. The van der Waals surface area contributed by atoms with E-state index in [0.717, 1.165) is 7.11 Å². The van der Waals surface area contributed by atoms with Crippen molar-refractivity contribution in [3.63, 3.8) is 0 Å². The number of ether oxygens (including phenoxy) is 1. The van der Waals surface area contributed by atoms with Gasteiger partial charge in [0.25, 0.3) is 6.43 Å². The lowest BCUT2D eigenvalue weighted by atomic mass is 10.1. The number of nitriles is 1. The third-order valence-electron chi connectivity index (χ3n) is 1.87. The van der Waals surface area contributed by atoms with Crippen molar-refractivity contribution in [3.05, 3.63) is 22.9 Å². The fourth-order valence-electron chi connectivity index (χ4n) is 1.18. The summed E-state index contributed by atoms with van der Waals surface area (Å²) in [6.45, 7) is 0. The summed E-state index contributed by atoms with van der Waals surface area (Å²) in [7, 11) is 1.02. The van der Waals surface area contributed by atoms with E-state index < -0.39 is 35.3 Å². The molecule has 8 heteroatoms. The van der Waals surface area contributed by atoms with Gasteiger partial charge < -0.3 is 4.74 Å². The standard InChI is InChI=1S/C9H5F5N2O/c1-17-6-2-4(9(12,13)14)7(8(10)11)5(3-15)16-6/h2,8H,1H3. The minimum absolute atomic E-state index is 0.336. The predicted octanol–water partition coefficient (Wildman–Crippen LogP) is 2.92. The van der Waals surface area contributed by atoms with Gasteiger partial charge in [0, 0.05) is 6.07 Å². The van der Waals surface area contributed by atoms with Crippen molar-refractivity contribution >= 4 is 0 Å². The van der Waals surface area contributed by atoms with E-state index in [-0.39, 0.29) is 0 Å². The molecule has 0 amide bonds. The molecule has 3 nitrogen and oxygen atoms in total. The number of methoxy groups -OCH3 is 1. The molecule has 0 fully saturated rings. The summed E-state index contributed by atoms with van der Waals surface area (Å²) in [5.74, 6) is -0.543. The Kier molecular flexibility index (Phi) is 3.50. The molecule has 0 saturated carbocycles. The third kappa shape index (κ3) is 2.61. The third-order valence-corrected chi connectivity index (χ3v) is 1.87. The van der Waals surface area contributed by atoms with Gasteiger partial charge in [0.2, 0.25) is 5.88 Å². The van der Waals surface area contributed by atoms with Crippen LogP contribution in [0.2, 0.25) is 0 Å². The largest absolute Gasteiger partial charge is 0.481 e. The van der Waals surface area contributed by atoms with Gasteiger partial charge in [0.15, 0.2) is 5.69 Å². The van der Waals surface area contributed by atoms with Crippen LogP contribution in [0.25, 0.3) is 0 Å². The van der Waals surface area contributed by atoms with Gasteiger partial charge >= 0.3 is 6.18 Å². The van der Waals surface area contributed by atoms with E-state index in [4.69, 9.17) is 5.26 Å². The van der Waals surface area contributed by atoms with Gasteiger partial charge in [-0.2, -0.15) is 18.4 Å². The van der Waals surface area contributed by atoms with Crippen molar-refractivity contribution in [2.24, 2.45) is 0 Å². The lowest BCUT2D eigenvalue weighted by molar-refractivity contribution is -0.139. The van der Waals surface area contributed by atoms with Crippen LogP contribution < -0.4 is 4.74 Å². The molecule has 0 bridgehead atoms. The smallest absolute Gasteiger partial charge is 0.417 e. The highest BCUT2D eigenvalue weighted by molar-refractivity contribution is 5.43. The van der Waals surface area contributed by atoms with Gasteiger partial charge in [0.1, 0.15) is 6.07 Å². The molecule has 0 aliphatic rings. The fraction of sp³-hybridized carbons (Fsp3) is 0.333. The van der Waals surface area contributed by atoms with E-state index in [9.17, 15) is 22.0 Å². The zero-order chi connectivity index (χ0) is 13.2. The SMILES string of the molecule is COc1cc(C(F)(F)F)c(C(F)F)c(C#N)n1. The number of halogens is 5. The average Bonchev–Trinajstić information content (AvgIpc) is 2.25. The van der Waals surface area contributed by atoms with E-state index >= 15 is 0 Å². The highest BCUT2D eigenvalue weighted by atomic mass is 19.4. The van der Waals surface area contributed by atoms with Crippen LogP contribution in [0.5, 0.6) is 5.88 Å². The summed E-state index contributed by atoms with van der Waals surface area (Å²) in [6, 6.07) is 1.53. The van der Waals surface area contributed by atoms with Crippen LogP contribution >= 0.6 is 0 Å². The van der Waals surface area contributed by atoms with Crippen molar-refractivity contribution in [2.45, 2.75) is 12.6 Å². The zero-order valence-electron chi connectivity index (χ0n) is 8.35. The van der Waals surface area contributed by atoms with Gasteiger partial charge in [-0.05, 0) is 0 Å². The van der Waals surface area contributed by atoms with Gasteiger partial charge in [-0.3, -0.25) is 0 Å². The lowest BCUT2D eigenvalue weighted by Crippen LogP contribution is -2.13. The molecule has 0 saturated heterocycles. The predicted molar refractivity (Wildman–Crippen MR) is 45.5 cm³/mol. The number of pyridine rings is 1. The maximum Gasteiger partial charge on any atom is 0.417 e. The Balaban J connectivity index is 3.60. The molecule has 0 atom stereocenters. The van der Waals surface area contributed by atoms with Crippen molar-refractivity contribution in [3.8, 4) is 11.9 Å². The molecule has 1 heterocycles. The number of aromatic nitrogens is 1. The van der Waals surface area contributed by atoms with Gasteiger partial charge in [-0.15, -0.1) is 0 Å². The second kappa shape index (κ2) is 4.53. The van der Waals surface area contributed by atoms with Crippen molar-refractivity contribution < 1.29 is 26.7 Å². The molecule has 0 aromatic carbocycles. The number of hydrogen-bond acceptors (Lipinski definition) is 3. The summed E-state index contributed by atoms with van der Waals surface area (Å²) in [6.07, 6.45) is -8.45. The Hall–Kier alpha value is -1.91. The highest BCUT2D eigenvalue weighted by Gasteiger charge is 2.38. The van der Waals surface area contributed by atoms with Crippen LogP contribution in [-0.4, -0.2) is 12.1 Å². The van der Waals surface area contributed by atoms with Gasteiger partial charge in [-0.25, -0.2) is 13.8 Å². The molecule has 0 radical (unpaired) electrons. The summed E-state index contributed by atoms with van der Waals surface area (Å²) in [4.78, 5) is 3.24. The van der Waals surface area contributed by atoms with Gasteiger partial charge in [0.05, 0.1) is 18.2 Å². The quantitative estimate of drug-likeness (QED) is 0.760. The highest BCUT2D eigenvalue weighted by Crippen LogP contribution is 2.39. The molecule has 1 aromatic rings. The van der Waals surface area contributed by atoms with E-state index in [0.29, 0.717) is 6.07 Å². The fourth-order valence-corrected chi connectivity index (χ4v) is 1.18. The van der Waals surface area contributed by atoms with Crippen LogP contribution in [0, 0.1) is 11.3 Å². The maximum atomic E-state index is 12.5. The van der Waals surface area contributed by atoms with Crippen LogP contribution in [0.4, 0.5) is 22.0 Å². The van der Waals surface area contributed by atoms with Crippen molar-refractivity contribution in [2.75, 3.05) is 7.11 Å². The number of nitrogens with zero attached hydrogens (tertiary/aromatic N) is 2. The number of rotatable bonds is 2. The molecule has 0 N–H and O–H groups in total.